The summed E-state index contributed by atoms with van der Waals surface area (Å²) in [5.74, 6) is -1.34. The van der Waals surface area contributed by atoms with Crippen LogP contribution in [0.25, 0.3) is 0 Å². The summed E-state index contributed by atoms with van der Waals surface area (Å²) in [7, 11) is 0. The first-order valence-corrected chi connectivity index (χ1v) is 5.97. The molecule has 94 valence electrons. The van der Waals surface area contributed by atoms with Crippen LogP contribution in [0.15, 0.2) is 12.1 Å². The van der Waals surface area contributed by atoms with Gasteiger partial charge in [0, 0.05) is 5.56 Å². The van der Waals surface area contributed by atoms with Crippen molar-refractivity contribution in [1.82, 2.24) is 0 Å². The molecule has 2 rings (SSSR count). The molecule has 1 aromatic carbocycles. The first-order chi connectivity index (χ1) is 8.02. The summed E-state index contributed by atoms with van der Waals surface area (Å²) in [6.45, 7) is 0. The second-order valence-electron chi connectivity index (χ2n) is 4.46. The summed E-state index contributed by atoms with van der Waals surface area (Å²) in [6.07, 6.45) is 1.89. The van der Waals surface area contributed by atoms with Crippen LogP contribution < -0.4 is 5.73 Å². The van der Waals surface area contributed by atoms with Gasteiger partial charge in [-0.3, -0.25) is 0 Å². The summed E-state index contributed by atoms with van der Waals surface area (Å²) >= 11 is 5.70. The minimum Gasteiger partial charge on any atom is -0.391 e. The number of aliphatic hydroxyl groups excluding tert-OH is 1. The standard InChI is InChI=1S/C12H14ClF2NO/c13-10-8(15)5-4-7(14)9(10)11(16)12(17)6-2-1-3-6/h4-6,11-12,17H,1-3,16H2/t11-,12+/m1/s1. The average molecular weight is 262 g/mol. The van der Waals surface area contributed by atoms with Gasteiger partial charge >= 0.3 is 0 Å². The minimum absolute atomic E-state index is 0.0590. The third-order valence-corrected chi connectivity index (χ3v) is 3.80. The van der Waals surface area contributed by atoms with Crippen molar-refractivity contribution in [2.45, 2.75) is 31.4 Å². The van der Waals surface area contributed by atoms with Gasteiger partial charge in [0.25, 0.3) is 0 Å². The zero-order chi connectivity index (χ0) is 12.6. The fourth-order valence-corrected chi connectivity index (χ4v) is 2.37. The molecule has 2 nitrogen and oxygen atoms in total. The predicted octanol–water partition coefficient (Wildman–Crippen LogP) is 2.78. The van der Waals surface area contributed by atoms with Crippen LogP contribution in [0.5, 0.6) is 0 Å². The Bertz CT molecular complexity index is 423. The SMILES string of the molecule is N[C@H](c1c(F)ccc(F)c1Cl)[C@@H](O)C1CCC1. The van der Waals surface area contributed by atoms with E-state index in [-0.39, 0.29) is 16.5 Å². The summed E-state index contributed by atoms with van der Waals surface area (Å²) in [6, 6.07) is 0.941. The van der Waals surface area contributed by atoms with Crippen molar-refractivity contribution in [2.75, 3.05) is 0 Å². The number of aliphatic hydroxyl groups is 1. The van der Waals surface area contributed by atoms with E-state index in [9.17, 15) is 13.9 Å². The lowest BCUT2D eigenvalue weighted by molar-refractivity contribution is 0.0404. The van der Waals surface area contributed by atoms with Gasteiger partial charge in [-0.05, 0) is 30.9 Å². The quantitative estimate of drug-likeness (QED) is 0.822. The van der Waals surface area contributed by atoms with E-state index in [2.05, 4.69) is 0 Å². The van der Waals surface area contributed by atoms with Gasteiger partial charge in [0.1, 0.15) is 11.6 Å². The maximum absolute atomic E-state index is 13.6. The molecule has 1 aromatic rings. The maximum atomic E-state index is 13.6. The van der Waals surface area contributed by atoms with Gasteiger partial charge in [0.15, 0.2) is 0 Å². The molecule has 0 unspecified atom stereocenters. The van der Waals surface area contributed by atoms with Crippen molar-refractivity contribution < 1.29 is 13.9 Å². The monoisotopic (exact) mass is 261 g/mol. The third-order valence-electron chi connectivity index (χ3n) is 3.41. The van der Waals surface area contributed by atoms with Gasteiger partial charge in [-0.15, -0.1) is 0 Å². The number of nitrogens with two attached hydrogens (primary N) is 1. The van der Waals surface area contributed by atoms with E-state index in [1.54, 1.807) is 0 Å². The molecule has 1 aliphatic rings. The molecule has 1 fully saturated rings. The number of hydrogen-bond acceptors (Lipinski definition) is 2. The molecule has 0 aromatic heterocycles. The lowest BCUT2D eigenvalue weighted by atomic mass is 9.77. The molecular formula is C12H14ClF2NO. The molecular weight excluding hydrogens is 248 g/mol. The van der Waals surface area contributed by atoms with Crippen LogP contribution in [0.1, 0.15) is 30.9 Å². The second-order valence-corrected chi connectivity index (χ2v) is 4.84. The lowest BCUT2D eigenvalue weighted by Crippen LogP contribution is -2.37. The topological polar surface area (TPSA) is 46.2 Å². The van der Waals surface area contributed by atoms with E-state index < -0.39 is 23.8 Å². The largest absolute Gasteiger partial charge is 0.391 e. The number of rotatable bonds is 3. The Morgan fingerprint density at radius 2 is 1.88 bits per heavy atom. The number of hydrogen-bond donors (Lipinski definition) is 2. The molecule has 1 aliphatic carbocycles. The van der Waals surface area contributed by atoms with Crippen LogP contribution in [0.2, 0.25) is 5.02 Å². The highest BCUT2D eigenvalue weighted by Crippen LogP contribution is 2.37. The molecule has 0 bridgehead atoms. The van der Waals surface area contributed by atoms with Crippen molar-refractivity contribution in [3.8, 4) is 0 Å². The smallest absolute Gasteiger partial charge is 0.142 e. The Kier molecular flexibility index (Phi) is 3.66. The predicted molar refractivity (Wildman–Crippen MR) is 61.6 cm³/mol. The molecule has 17 heavy (non-hydrogen) atoms. The van der Waals surface area contributed by atoms with Crippen LogP contribution in [0.4, 0.5) is 8.78 Å². The van der Waals surface area contributed by atoms with Gasteiger partial charge in [0.05, 0.1) is 17.2 Å². The summed E-state index contributed by atoms with van der Waals surface area (Å²) in [4.78, 5) is 0. The van der Waals surface area contributed by atoms with E-state index in [4.69, 9.17) is 17.3 Å². The van der Waals surface area contributed by atoms with Crippen LogP contribution in [-0.4, -0.2) is 11.2 Å². The third kappa shape index (κ3) is 2.30. The van der Waals surface area contributed by atoms with E-state index in [0.29, 0.717) is 0 Å². The second kappa shape index (κ2) is 4.88. The first kappa shape index (κ1) is 12.7. The molecule has 0 amide bonds. The van der Waals surface area contributed by atoms with Crippen LogP contribution in [0, 0.1) is 17.6 Å². The molecule has 0 heterocycles. The normalized spacial score (nSPS) is 19.8. The fraction of sp³-hybridized carbons (Fsp3) is 0.500. The lowest BCUT2D eigenvalue weighted by Gasteiger charge is -2.34. The van der Waals surface area contributed by atoms with Gasteiger partial charge in [-0.1, -0.05) is 18.0 Å². The zero-order valence-electron chi connectivity index (χ0n) is 9.17. The van der Waals surface area contributed by atoms with E-state index >= 15 is 0 Å². The minimum atomic E-state index is -0.983. The zero-order valence-corrected chi connectivity index (χ0v) is 9.92. The van der Waals surface area contributed by atoms with Crippen LogP contribution in [-0.2, 0) is 0 Å². The Morgan fingerprint density at radius 1 is 1.29 bits per heavy atom. The van der Waals surface area contributed by atoms with Crippen molar-refractivity contribution in [2.24, 2.45) is 11.7 Å². The van der Waals surface area contributed by atoms with E-state index in [1.165, 1.54) is 0 Å². The summed E-state index contributed by atoms with van der Waals surface area (Å²) in [5, 5.41) is 9.62. The maximum Gasteiger partial charge on any atom is 0.142 e. The van der Waals surface area contributed by atoms with Crippen LogP contribution >= 0.6 is 11.6 Å². The highest BCUT2D eigenvalue weighted by atomic mass is 35.5. The number of benzene rings is 1. The van der Waals surface area contributed by atoms with Crippen molar-refractivity contribution >= 4 is 11.6 Å². The fourth-order valence-electron chi connectivity index (χ4n) is 2.09. The van der Waals surface area contributed by atoms with Crippen molar-refractivity contribution in [3.05, 3.63) is 34.4 Å². The molecule has 0 aliphatic heterocycles. The Hall–Kier alpha value is -0.710. The molecule has 0 spiro atoms. The van der Waals surface area contributed by atoms with Gasteiger partial charge in [-0.25, -0.2) is 8.78 Å². The highest BCUT2D eigenvalue weighted by molar-refractivity contribution is 6.31. The van der Waals surface area contributed by atoms with Gasteiger partial charge < -0.3 is 10.8 Å². The van der Waals surface area contributed by atoms with Crippen molar-refractivity contribution in [3.63, 3.8) is 0 Å². The Morgan fingerprint density at radius 3 is 2.41 bits per heavy atom. The molecule has 1 saturated carbocycles. The first-order valence-electron chi connectivity index (χ1n) is 5.59. The summed E-state index contributed by atoms with van der Waals surface area (Å²) in [5.41, 5.74) is 5.65. The molecule has 0 radical (unpaired) electrons. The van der Waals surface area contributed by atoms with E-state index in [1.807, 2.05) is 0 Å². The summed E-state index contributed by atoms with van der Waals surface area (Å²) < 4.78 is 26.8. The van der Waals surface area contributed by atoms with Crippen molar-refractivity contribution in [1.29, 1.82) is 0 Å². The van der Waals surface area contributed by atoms with E-state index in [0.717, 1.165) is 31.4 Å². The molecule has 3 N–H and O–H groups in total. The van der Waals surface area contributed by atoms with Gasteiger partial charge in [-0.2, -0.15) is 0 Å². The average Bonchev–Trinajstić information content (AvgIpc) is 2.21. The Balaban J connectivity index is 2.29. The highest BCUT2D eigenvalue weighted by Gasteiger charge is 2.33. The van der Waals surface area contributed by atoms with Gasteiger partial charge in [0.2, 0.25) is 0 Å². The number of halogens is 3. The molecule has 2 atom stereocenters. The Labute approximate surface area is 103 Å². The molecule has 5 heteroatoms. The molecule has 0 saturated heterocycles. The van der Waals surface area contributed by atoms with Crippen LogP contribution in [0.3, 0.4) is 0 Å².